The molecule has 0 aliphatic rings. The fourth-order valence-corrected chi connectivity index (χ4v) is 2.29. The van der Waals surface area contributed by atoms with Crippen molar-refractivity contribution in [2.75, 3.05) is 0 Å². The molecule has 0 N–H and O–H groups in total. The first-order valence-electron chi connectivity index (χ1n) is 6.02. The van der Waals surface area contributed by atoms with Crippen LogP contribution in [0.2, 0.25) is 5.02 Å². The zero-order valence-electron chi connectivity index (χ0n) is 10.4. The molecule has 0 spiro atoms. The lowest BCUT2D eigenvalue weighted by Crippen LogP contribution is -2.21. The molecule has 0 saturated heterocycles. The van der Waals surface area contributed by atoms with Gasteiger partial charge in [0, 0.05) is 11.1 Å². The van der Waals surface area contributed by atoms with Gasteiger partial charge in [0.25, 0.3) is 5.56 Å². The maximum atomic E-state index is 13.1. The molecule has 1 aromatic heterocycles. The molecule has 2 aromatic carbocycles. The second-order valence-corrected chi connectivity index (χ2v) is 4.91. The van der Waals surface area contributed by atoms with Crippen LogP contribution in [0.1, 0.15) is 5.56 Å². The van der Waals surface area contributed by atoms with E-state index in [1.54, 1.807) is 12.1 Å². The molecule has 5 heteroatoms. The maximum absolute atomic E-state index is 13.1. The molecule has 0 bridgehead atoms. The van der Waals surface area contributed by atoms with E-state index in [9.17, 15) is 9.18 Å². The van der Waals surface area contributed by atoms with Gasteiger partial charge in [-0.15, -0.1) is 0 Å². The third-order valence-electron chi connectivity index (χ3n) is 3.03. The van der Waals surface area contributed by atoms with E-state index < -0.39 is 5.82 Å². The third kappa shape index (κ3) is 2.42. The summed E-state index contributed by atoms with van der Waals surface area (Å²) in [7, 11) is 0. The van der Waals surface area contributed by atoms with E-state index >= 15 is 0 Å². The van der Waals surface area contributed by atoms with Crippen LogP contribution >= 0.6 is 11.6 Å². The number of rotatable bonds is 2. The molecule has 0 aliphatic carbocycles. The molecule has 0 atom stereocenters. The van der Waals surface area contributed by atoms with E-state index in [0.717, 1.165) is 5.56 Å². The van der Waals surface area contributed by atoms with Crippen molar-refractivity contribution in [2.24, 2.45) is 0 Å². The lowest BCUT2D eigenvalue weighted by molar-refractivity contribution is 0.629. The highest BCUT2D eigenvalue weighted by Gasteiger charge is 2.06. The summed E-state index contributed by atoms with van der Waals surface area (Å²) >= 11 is 5.92. The van der Waals surface area contributed by atoms with Gasteiger partial charge in [0.1, 0.15) is 5.82 Å². The number of hydrogen-bond acceptors (Lipinski definition) is 2. The van der Waals surface area contributed by atoms with Crippen molar-refractivity contribution in [3.05, 3.63) is 75.5 Å². The summed E-state index contributed by atoms with van der Waals surface area (Å²) in [6, 6.07) is 11.2. The molecule has 0 saturated carbocycles. The molecule has 100 valence electrons. The fraction of sp³-hybridized carbons (Fsp3) is 0.0667. The highest BCUT2D eigenvalue weighted by Crippen LogP contribution is 2.12. The fourth-order valence-electron chi connectivity index (χ4n) is 2.08. The number of hydrogen-bond donors (Lipinski definition) is 0. The van der Waals surface area contributed by atoms with E-state index in [2.05, 4.69) is 4.98 Å². The lowest BCUT2D eigenvalue weighted by atomic mass is 10.2. The Morgan fingerprint density at radius 2 is 2.05 bits per heavy atom. The van der Waals surface area contributed by atoms with Gasteiger partial charge in [0.2, 0.25) is 0 Å². The van der Waals surface area contributed by atoms with Crippen LogP contribution in [0.15, 0.2) is 53.6 Å². The Bertz CT molecular complexity index is 845. The number of nitrogens with zero attached hydrogens (tertiary/aromatic N) is 2. The Kier molecular flexibility index (Phi) is 3.24. The second kappa shape index (κ2) is 5.06. The van der Waals surface area contributed by atoms with Gasteiger partial charge in [-0.1, -0.05) is 23.7 Å². The van der Waals surface area contributed by atoms with Gasteiger partial charge in [0.15, 0.2) is 0 Å². The summed E-state index contributed by atoms with van der Waals surface area (Å²) in [5, 5.41) is 1.02. The van der Waals surface area contributed by atoms with Crippen LogP contribution in [-0.2, 0) is 6.54 Å². The molecular weight excluding hydrogens is 279 g/mol. The lowest BCUT2D eigenvalue weighted by Gasteiger charge is -2.07. The van der Waals surface area contributed by atoms with E-state index in [-0.39, 0.29) is 5.56 Å². The Labute approximate surface area is 119 Å². The molecule has 0 amide bonds. The van der Waals surface area contributed by atoms with E-state index in [1.165, 1.54) is 29.1 Å². The topological polar surface area (TPSA) is 34.9 Å². The predicted octanol–water partition coefficient (Wildman–Crippen LogP) is 3.24. The standard InChI is InChI=1S/C15H10ClFN2O/c16-11-3-1-2-10(6-11)8-19-9-18-14-7-12(17)4-5-13(14)15(19)20/h1-7,9H,8H2. The van der Waals surface area contributed by atoms with Crippen LogP contribution in [-0.4, -0.2) is 9.55 Å². The monoisotopic (exact) mass is 288 g/mol. The van der Waals surface area contributed by atoms with Gasteiger partial charge in [0.05, 0.1) is 23.8 Å². The largest absolute Gasteiger partial charge is 0.294 e. The zero-order chi connectivity index (χ0) is 14.1. The predicted molar refractivity (Wildman–Crippen MR) is 76.5 cm³/mol. The molecule has 20 heavy (non-hydrogen) atoms. The summed E-state index contributed by atoms with van der Waals surface area (Å²) < 4.78 is 14.6. The second-order valence-electron chi connectivity index (χ2n) is 4.47. The van der Waals surface area contributed by atoms with Gasteiger partial charge in [-0.2, -0.15) is 0 Å². The van der Waals surface area contributed by atoms with Gasteiger partial charge >= 0.3 is 0 Å². The van der Waals surface area contributed by atoms with Crippen LogP contribution in [0.25, 0.3) is 10.9 Å². The number of benzene rings is 2. The quantitative estimate of drug-likeness (QED) is 0.725. The molecule has 0 aliphatic heterocycles. The summed E-state index contributed by atoms with van der Waals surface area (Å²) in [4.78, 5) is 16.4. The molecule has 0 fully saturated rings. The highest BCUT2D eigenvalue weighted by atomic mass is 35.5. The van der Waals surface area contributed by atoms with Crippen LogP contribution in [0.3, 0.4) is 0 Å². The van der Waals surface area contributed by atoms with Crippen LogP contribution in [0.4, 0.5) is 4.39 Å². The van der Waals surface area contributed by atoms with Crippen molar-refractivity contribution in [3.63, 3.8) is 0 Å². The van der Waals surface area contributed by atoms with Crippen molar-refractivity contribution >= 4 is 22.5 Å². The van der Waals surface area contributed by atoms with Crippen molar-refractivity contribution in [2.45, 2.75) is 6.54 Å². The number of halogens is 2. The minimum absolute atomic E-state index is 0.199. The Balaban J connectivity index is 2.07. The SMILES string of the molecule is O=c1c2ccc(F)cc2ncn1Cc1cccc(Cl)c1. The summed E-state index contributed by atoms with van der Waals surface area (Å²) in [5.74, 6) is -0.406. The zero-order valence-corrected chi connectivity index (χ0v) is 11.1. The minimum atomic E-state index is -0.406. The van der Waals surface area contributed by atoms with E-state index in [4.69, 9.17) is 11.6 Å². The first-order valence-corrected chi connectivity index (χ1v) is 6.40. The van der Waals surface area contributed by atoms with Crippen molar-refractivity contribution in [3.8, 4) is 0 Å². The van der Waals surface area contributed by atoms with Crippen LogP contribution in [0, 0.1) is 5.82 Å². The van der Waals surface area contributed by atoms with Crippen LogP contribution < -0.4 is 5.56 Å². The summed E-state index contributed by atoms with van der Waals surface area (Å²) in [5.41, 5.74) is 1.06. The normalized spacial score (nSPS) is 10.9. The number of aromatic nitrogens is 2. The number of fused-ring (bicyclic) bond motifs is 1. The van der Waals surface area contributed by atoms with Crippen molar-refractivity contribution in [1.29, 1.82) is 0 Å². The van der Waals surface area contributed by atoms with Crippen LogP contribution in [0.5, 0.6) is 0 Å². The van der Waals surface area contributed by atoms with Gasteiger partial charge < -0.3 is 0 Å². The van der Waals surface area contributed by atoms with Gasteiger partial charge in [-0.25, -0.2) is 9.37 Å². The Morgan fingerprint density at radius 3 is 2.85 bits per heavy atom. The summed E-state index contributed by atoms with van der Waals surface area (Å²) in [6.45, 7) is 0.375. The molecule has 0 unspecified atom stereocenters. The highest BCUT2D eigenvalue weighted by molar-refractivity contribution is 6.30. The molecular formula is C15H10ClFN2O. The molecule has 0 radical (unpaired) electrons. The maximum Gasteiger partial charge on any atom is 0.261 e. The first-order chi connectivity index (χ1) is 9.63. The first kappa shape index (κ1) is 12.8. The smallest absolute Gasteiger partial charge is 0.261 e. The average molecular weight is 289 g/mol. The Hall–Kier alpha value is -2.20. The van der Waals surface area contributed by atoms with Crippen molar-refractivity contribution in [1.82, 2.24) is 9.55 Å². The van der Waals surface area contributed by atoms with Gasteiger partial charge in [-0.05, 0) is 29.8 Å². The van der Waals surface area contributed by atoms with Gasteiger partial charge in [-0.3, -0.25) is 9.36 Å². The minimum Gasteiger partial charge on any atom is -0.294 e. The third-order valence-corrected chi connectivity index (χ3v) is 3.26. The molecule has 1 heterocycles. The van der Waals surface area contributed by atoms with Crippen molar-refractivity contribution < 1.29 is 4.39 Å². The Morgan fingerprint density at radius 1 is 1.20 bits per heavy atom. The van der Waals surface area contributed by atoms with E-state index in [1.807, 2.05) is 12.1 Å². The summed E-state index contributed by atoms with van der Waals surface area (Å²) in [6.07, 6.45) is 1.42. The molecule has 3 aromatic rings. The van der Waals surface area contributed by atoms with E-state index in [0.29, 0.717) is 22.5 Å². The molecule has 3 rings (SSSR count). The molecule has 3 nitrogen and oxygen atoms in total. The average Bonchev–Trinajstić information content (AvgIpc) is 2.42.